The monoisotopic (exact) mass is 204 g/mol. The van der Waals surface area contributed by atoms with Crippen molar-refractivity contribution >= 4 is 13.8 Å². The molecule has 8 heteroatoms. The van der Waals surface area contributed by atoms with Gasteiger partial charge in [0.25, 0.3) is 0 Å². The molecule has 0 saturated carbocycles. The summed E-state index contributed by atoms with van der Waals surface area (Å²) < 4.78 is 18.0. The maximum Gasteiger partial charge on any atom is 1.00 e. The van der Waals surface area contributed by atoms with Crippen LogP contribution in [0, 0.1) is 0 Å². The van der Waals surface area contributed by atoms with Crippen LogP contribution >= 0.6 is 7.82 Å². The van der Waals surface area contributed by atoms with Crippen LogP contribution in [0.1, 0.15) is 0 Å². The molecular formula is C4H6NaO6P. The van der Waals surface area contributed by atoms with Gasteiger partial charge in [-0.2, -0.15) is 0 Å². The predicted octanol–water partition coefficient (Wildman–Crippen LogP) is -3.28. The Labute approximate surface area is 91.1 Å². The van der Waals surface area contributed by atoms with Gasteiger partial charge < -0.3 is 19.0 Å². The molecule has 1 unspecified atom stereocenters. The van der Waals surface area contributed by atoms with Crippen molar-refractivity contribution in [2.24, 2.45) is 0 Å². The molecule has 0 radical (unpaired) electrons. The Kier molecular flexibility index (Phi) is 7.02. The Morgan fingerprint density at radius 2 is 2.08 bits per heavy atom. The number of carboxylic acid groups (broad SMARTS) is 1. The number of hydrogen-bond acceptors (Lipinski definition) is 5. The smallest absolute Gasteiger partial charge is 0.746 e. The van der Waals surface area contributed by atoms with Crippen molar-refractivity contribution in [2.45, 2.75) is 0 Å². The molecule has 0 aliphatic rings. The summed E-state index contributed by atoms with van der Waals surface area (Å²) in [6.07, 6.45) is 0. The zero-order chi connectivity index (χ0) is 9.07. The standard InChI is InChI=1S/C4H7O6P.Na/c1-3(4(5)6)10-11(7,8)9-2;/h1H2,2H3,(H,5,6)(H,7,8);/q;+1/p-1. The maximum atomic E-state index is 10.4. The van der Waals surface area contributed by atoms with E-state index in [1.165, 1.54) is 0 Å². The van der Waals surface area contributed by atoms with Crippen molar-refractivity contribution in [1.29, 1.82) is 0 Å². The minimum absolute atomic E-state index is 0. The Balaban J connectivity index is 0. The number of phosphoric acid groups is 1. The topological polar surface area (TPSA) is 95.9 Å². The van der Waals surface area contributed by atoms with Crippen LogP contribution in [0.4, 0.5) is 0 Å². The molecule has 0 spiro atoms. The molecule has 64 valence electrons. The molecule has 0 aromatic heterocycles. The summed E-state index contributed by atoms with van der Waals surface area (Å²) in [6.45, 7) is 2.81. The molecule has 0 aliphatic carbocycles. The number of carboxylic acids is 1. The maximum absolute atomic E-state index is 10.4. The molecule has 12 heavy (non-hydrogen) atoms. The van der Waals surface area contributed by atoms with Gasteiger partial charge in [-0.05, 0) is 6.58 Å². The van der Waals surface area contributed by atoms with Gasteiger partial charge in [-0.1, -0.05) is 0 Å². The first kappa shape index (κ1) is 14.7. The van der Waals surface area contributed by atoms with Crippen LogP contribution in [-0.4, -0.2) is 18.2 Å². The quantitative estimate of drug-likeness (QED) is 0.223. The van der Waals surface area contributed by atoms with Crippen molar-refractivity contribution in [2.75, 3.05) is 7.11 Å². The van der Waals surface area contributed by atoms with Crippen molar-refractivity contribution in [3.05, 3.63) is 12.3 Å². The van der Waals surface area contributed by atoms with E-state index in [0.29, 0.717) is 0 Å². The summed E-state index contributed by atoms with van der Waals surface area (Å²) in [4.78, 5) is 20.3. The van der Waals surface area contributed by atoms with E-state index in [4.69, 9.17) is 5.11 Å². The van der Waals surface area contributed by atoms with Gasteiger partial charge in [-0.25, -0.2) is 4.79 Å². The molecule has 0 aromatic rings. The first-order chi connectivity index (χ1) is 4.89. The minimum atomic E-state index is -4.51. The summed E-state index contributed by atoms with van der Waals surface area (Å²) in [5.74, 6) is -2.46. The van der Waals surface area contributed by atoms with Crippen molar-refractivity contribution in [3.8, 4) is 0 Å². The van der Waals surface area contributed by atoms with Crippen molar-refractivity contribution < 1.29 is 58.0 Å². The van der Waals surface area contributed by atoms with Crippen LogP contribution in [0.5, 0.6) is 0 Å². The largest absolute Gasteiger partial charge is 1.00 e. The van der Waals surface area contributed by atoms with Gasteiger partial charge >= 0.3 is 43.3 Å². The second-order valence-corrected chi connectivity index (χ2v) is 2.89. The van der Waals surface area contributed by atoms with E-state index in [-0.39, 0.29) is 29.6 Å². The van der Waals surface area contributed by atoms with Gasteiger partial charge in [0.1, 0.15) is 0 Å². The van der Waals surface area contributed by atoms with Crippen LogP contribution in [0.3, 0.4) is 0 Å². The van der Waals surface area contributed by atoms with E-state index in [1.54, 1.807) is 0 Å². The number of phosphoric ester groups is 1. The van der Waals surface area contributed by atoms with E-state index in [9.17, 15) is 14.3 Å². The van der Waals surface area contributed by atoms with E-state index in [0.717, 1.165) is 7.11 Å². The fourth-order valence-corrected chi connectivity index (χ4v) is 0.634. The van der Waals surface area contributed by atoms with Gasteiger partial charge in [0.05, 0.1) is 0 Å². The van der Waals surface area contributed by atoms with E-state index in [2.05, 4.69) is 15.6 Å². The molecule has 0 aromatic carbocycles. The van der Waals surface area contributed by atoms with Crippen molar-refractivity contribution in [1.82, 2.24) is 0 Å². The molecule has 0 amide bonds. The van der Waals surface area contributed by atoms with Crippen LogP contribution < -0.4 is 34.5 Å². The van der Waals surface area contributed by atoms with Crippen LogP contribution in [0.25, 0.3) is 0 Å². The Hall–Kier alpha value is 0.160. The van der Waals surface area contributed by atoms with Gasteiger partial charge in [0.15, 0.2) is 0 Å². The average Bonchev–Trinajstić information content (AvgIpc) is 1.87. The average molecular weight is 204 g/mol. The molecule has 0 saturated heterocycles. The molecule has 1 N–H and O–H groups in total. The molecule has 1 atom stereocenters. The molecule has 0 fully saturated rings. The summed E-state index contributed by atoms with van der Waals surface area (Å²) in [7, 11) is -3.66. The fraction of sp³-hybridized carbons (Fsp3) is 0.250. The van der Waals surface area contributed by atoms with Crippen LogP contribution in [0.2, 0.25) is 0 Å². The van der Waals surface area contributed by atoms with E-state index < -0.39 is 19.6 Å². The second kappa shape index (κ2) is 5.75. The first-order valence-electron chi connectivity index (χ1n) is 2.37. The number of rotatable bonds is 4. The SMILES string of the molecule is C=C(OP(=O)([O-])OC)C(=O)O.[Na+]. The Bertz CT molecular complexity index is 226. The molecule has 6 nitrogen and oxygen atoms in total. The summed E-state index contributed by atoms with van der Waals surface area (Å²) in [5.41, 5.74) is 0. The van der Waals surface area contributed by atoms with Gasteiger partial charge in [-0.15, -0.1) is 0 Å². The third-order valence-corrected chi connectivity index (χ3v) is 1.58. The van der Waals surface area contributed by atoms with Crippen LogP contribution in [-0.2, 0) is 18.4 Å². The van der Waals surface area contributed by atoms with Gasteiger partial charge in [0, 0.05) is 7.11 Å². The van der Waals surface area contributed by atoms with Gasteiger partial charge in [0.2, 0.25) is 5.76 Å². The predicted molar refractivity (Wildman–Crippen MR) is 32.5 cm³/mol. The zero-order valence-corrected chi connectivity index (χ0v) is 9.54. The number of hydrogen-bond donors (Lipinski definition) is 1. The zero-order valence-electron chi connectivity index (χ0n) is 6.64. The molecule has 0 heterocycles. The van der Waals surface area contributed by atoms with Gasteiger partial charge in [-0.3, -0.25) is 4.57 Å². The fourth-order valence-electron chi connectivity index (χ4n) is 0.211. The summed E-state index contributed by atoms with van der Waals surface area (Å²) in [6, 6.07) is 0. The molecule has 0 aliphatic heterocycles. The Morgan fingerprint density at radius 1 is 1.67 bits per heavy atom. The van der Waals surface area contributed by atoms with Crippen LogP contribution in [0.15, 0.2) is 12.3 Å². The first-order valence-corrected chi connectivity index (χ1v) is 3.83. The number of carbonyl (C=O) groups is 1. The molecular weight excluding hydrogens is 198 g/mol. The summed E-state index contributed by atoms with van der Waals surface area (Å²) in [5, 5.41) is 8.10. The second-order valence-electron chi connectivity index (χ2n) is 1.45. The summed E-state index contributed by atoms with van der Waals surface area (Å²) >= 11 is 0. The molecule has 0 rings (SSSR count). The molecule has 0 bridgehead atoms. The normalized spacial score (nSPS) is 13.8. The Morgan fingerprint density at radius 3 is 2.33 bits per heavy atom. The van der Waals surface area contributed by atoms with Crippen molar-refractivity contribution in [3.63, 3.8) is 0 Å². The van der Waals surface area contributed by atoms with E-state index >= 15 is 0 Å². The number of aliphatic carboxylic acids is 1. The minimum Gasteiger partial charge on any atom is -0.746 e. The van der Waals surface area contributed by atoms with E-state index in [1.807, 2.05) is 0 Å². The third kappa shape index (κ3) is 5.77. The third-order valence-electron chi connectivity index (χ3n) is 0.684.